The van der Waals surface area contributed by atoms with Crippen molar-refractivity contribution in [2.45, 2.75) is 13.1 Å². The summed E-state index contributed by atoms with van der Waals surface area (Å²) in [5.41, 5.74) is 1.01. The van der Waals surface area contributed by atoms with Crippen molar-refractivity contribution in [2.24, 2.45) is 5.92 Å². The zero-order valence-electron chi connectivity index (χ0n) is 11.3. The van der Waals surface area contributed by atoms with Gasteiger partial charge in [-0.25, -0.2) is 4.39 Å². The molecule has 1 aliphatic heterocycles. The topological polar surface area (TPSA) is 44.9 Å². The van der Waals surface area contributed by atoms with Crippen LogP contribution in [0.3, 0.4) is 0 Å². The van der Waals surface area contributed by atoms with E-state index >= 15 is 0 Å². The van der Waals surface area contributed by atoms with E-state index in [1.807, 2.05) is 16.9 Å². The van der Waals surface area contributed by atoms with Gasteiger partial charge >= 0.3 is 0 Å². The Bertz CT molecular complexity index is 685. The van der Waals surface area contributed by atoms with Crippen LogP contribution in [0.15, 0.2) is 35.1 Å². The first-order valence-corrected chi connectivity index (χ1v) is 7.52. The molecule has 0 bridgehead atoms. The maximum Gasteiger partial charge on any atom is 0.129 e. The van der Waals surface area contributed by atoms with Crippen molar-refractivity contribution in [3.8, 4) is 6.07 Å². The van der Waals surface area contributed by atoms with E-state index in [9.17, 15) is 4.39 Å². The maximum absolute atomic E-state index is 13.8. The van der Waals surface area contributed by atoms with E-state index in [0.29, 0.717) is 23.6 Å². The molecule has 3 rings (SSSR count). The van der Waals surface area contributed by atoms with E-state index in [-0.39, 0.29) is 5.82 Å². The number of nitrogens with zero attached hydrogens (tertiary/aromatic N) is 4. The highest BCUT2D eigenvalue weighted by molar-refractivity contribution is 9.10. The molecule has 0 unspecified atom stereocenters. The molecular formula is C15H14BrFN4. The first kappa shape index (κ1) is 14.2. The van der Waals surface area contributed by atoms with Gasteiger partial charge in [0.25, 0.3) is 0 Å². The molecule has 2 aromatic rings. The molecule has 0 spiro atoms. The molecule has 4 nitrogen and oxygen atoms in total. The Balaban J connectivity index is 1.52. The molecule has 0 atom stereocenters. The summed E-state index contributed by atoms with van der Waals surface area (Å²) in [5, 5.41) is 13.0. The van der Waals surface area contributed by atoms with Gasteiger partial charge in [0, 0.05) is 43.9 Å². The highest BCUT2D eigenvalue weighted by atomic mass is 79.9. The molecule has 0 radical (unpaired) electrons. The van der Waals surface area contributed by atoms with Gasteiger partial charge < -0.3 is 0 Å². The van der Waals surface area contributed by atoms with Crippen molar-refractivity contribution in [3.05, 3.63) is 52.0 Å². The lowest BCUT2D eigenvalue weighted by molar-refractivity contribution is 0.0766. The van der Waals surface area contributed by atoms with Gasteiger partial charge in [-0.1, -0.05) is 6.07 Å². The average molecular weight is 349 g/mol. The number of hydrogen-bond donors (Lipinski definition) is 0. The molecule has 1 aromatic heterocycles. The van der Waals surface area contributed by atoms with Crippen LogP contribution in [0.1, 0.15) is 11.1 Å². The number of benzene rings is 1. The van der Waals surface area contributed by atoms with Crippen LogP contribution in [0.4, 0.5) is 4.39 Å². The van der Waals surface area contributed by atoms with E-state index in [0.717, 1.165) is 24.1 Å². The lowest BCUT2D eigenvalue weighted by Crippen LogP contribution is -2.47. The Labute approximate surface area is 130 Å². The Morgan fingerprint density at radius 2 is 2.24 bits per heavy atom. The largest absolute Gasteiger partial charge is 0.298 e. The van der Waals surface area contributed by atoms with Gasteiger partial charge in [-0.15, -0.1) is 0 Å². The number of nitriles is 1. The number of hydrogen-bond acceptors (Lipinski definition) is 3. The van der Waals surface area contributed by atoms with Crippen molar-refractivity contribution in [3.63, 3.8) is 0 Å². The number of rotatable bonds is 4. The van der Waals surface area contributed by atoms with Crippen LogP contribution in [0.5, 0.6) is 0 Å². The summed E-state index contributed by atoms with van der Waals surface area (Å²) >= 11 is 3.38. The summed E-state index contributed by atoms with van der Waals surface area (Å²) in [6, 6.07) is 6.61. The lowest BCUT2D eigenvalue weighted by atomic mass is 9.99. The molecule has 6 heteroatoms. The fraction of sp³-hybridized carbons (Fsp3) is 0.333. The van der Waals surface area contributed by atoms with Crippen LogP contribution in [-0.4, -0.2) is 27.8 Å². The SMILES string of the molecule is N#Cc1ccc(CN2CC(Cn3cc(Br)cn3)C2)c(F)c1. The predicted octanol–water partition coefficient (Wildman–Crippen LogP) is 2.79. The molecule has 0 N–H and O–H groups in total. The third kappa shape index (κ3) is 3.31. The number of halogens is 2. The second-order valence-electron chi connectivity index (χ2n) is 5.36. The minimum absolute atomic E-state index is 0.298. The van der Waals surface area contributed by atoms with E-state index in [2.05, 4.69) is 25.9 Å². The highest BCUT2D eigenvalue weighted by Crippen LogP contribution is 2.22. The van der Waals surface area contributed by atoms with Crippen molar-refractivity contribution in [1.82, 2.24) is 14.7 Å². The van der Waals surface area contributed by atoms with Crippen LogP contribution in [0.2, 0.25) is 0 Å². The summed E-state index contributed by atoms with van der Waals surface area (Å²) in [7, 11) is 0. The molecular weight excluding hydrogens is 335 g/mol. The molecule has 0 amide bonds. The van der Waals surface area contributed by atoms with Gasteiger partial charge in [-0.2, -0.15) is 10.4 Å². The summed E-state index contributed by atoms with van der Waals surface area (Å²) in [6.45, 7) is 3.36. The zero-order chi connectivity index (χ0) is 14.8. The monoisotopic (exact) mass is 348 g/mol. The molecule has 0 saturated carbocycles. The summed E-state index contributed by atoms with van der Waals surface area (Å²) in [5.74, 6) is 0.256. The van der Waals surface area contributed by atoms with Gasteiger partial charge in [0.2, 0.25) is 0 Å². The molecule has 1 aromatic carbocycles. The van der Waals surface area contributed by atoms with Crippen LogP contribution in [0, 0.1) is 23.1 Å². The summed E-state index contributed by atoms with van der Waals surface area (Å²) in [4.78, 5) is 2.20. The molecule has 2 heterocycles. The minimum Gasteiger partial charge on any atom is -0.298 e. The van der Waals surface area contributed by atoms with E-state index < -0.39 is 0 Å². The van der Waals surface area contributed by atoms with Crippen molar-refractivity contribution in [1.29, 1.82) is 5.26 Å². The van der Waals surface area contributed by atoms with E-state index in [1.54, 1.807) is 18.3 Å². The van der Waals surface area contributed by atoms with Gasteiger partial charge in [-0.3, -0.25) is 9.58 Å². The molecule has 21 heavy (non-hydrogen) atoms. The minimum atomic E-state index is -0.298. The Hall–Kier alpha value is -1.71. The summed E-state index contributed by atoms with van der Waals surface area (Å²) in [6.07, 6.45) is 3.74. The first-order chi connectivity index (χ1) is 10.1. The third-order valence-electron chi connectivity index (χ3n) is 3.66. The molecule has 1 saturated heterocycles. The molecule has 1 aliphatic rings. The maximum atomic E-state index is 13.8. The van der Waals surface area contributed by atoms with Crippen LogP contribution in [-0.2, 0) is 13.1 Å². The van der Waals surface area contributed by atoms with Gasteiger partial charge in [-0.05, 0) is 28.1 Å². The van der Waals surface area contributed by atoms with Gasteiger partial charge in [0.05, 0.1) is 22.3 Å². The smallest absolute Gasteiger partial charge is 0.129 e. The second-order valence-corrected chi connectivity index (χ2v) is 6.27. The number of aromatic nitrogens is 2. The third-order valence-corrected chi connectivity index (χ3v) is 4.07. The van der Waals surface area contributed by atoms with Crippen molar-refractivity contribution >= 4 is 15.9 Å². The molecule has 1 fully saturated rings. The van der Waals surface area contributed by atoms with Crippen molar-refractivity contribution < 1.29 is 4.39 Å². The second kappa shape index (κ2) is 5.96. The summed E-state index contributed by atoms with van der Waals surface area (Å²) < 4.78 is 16.7. The van der Waals surface area contributed by atoms with Crippen LogP contribution >= 0.6 is 15.9 Å². The zero-order valence-corrected chi connectivity index (χ0v) is 12.9. The predicted molar refractivity (Wildman–Crippen MR) is 79.8 cm³/mol. The first-order valence-electron chi connectivity index (χ1n) is 6.73. The Kier molecular flexibility index (Phi) is 4.04. The normalized spacial score (nSPS) is 15.7. The average Bonchev–Trinajstić information content (AvgIpc) is 2.83. The number of likely N-dealkylation sites (tertiary alicyclic amines) is 1. The van der Waals surface area contributed by atoms with Gasteiger partial charge in [0.15, 0.2) is 0 Å². The lowest BCUT2D eigenvalue weighted by Gasteiger charge is -2.39. The van der Waals surface area contributed by atoms with Gasteiger partial charge in [0.1, 0.15) is 5.82 Å². The van der Waals surface area contributed by atoms with E-state index in [4.69, 9.17) is 5.26 Å². The quantitative estimate of drug-likeness (QED) is 0.853. The Morgan fingerprint density at radius 3 is 2.86 bits per heavy atom. The van der Waals surface area contributed by atoms with Crippen LogP contribution < -0.4 is 0 Å². The standard InChI is InChI=1S/C15H14BrFN4/c16-14-5-19-21(10-14)8-12-6-20(7-12)9-13-2-1-11(4-18)3-15(13)17/h1-3,5,10,12H,6-9H2. The van der Waals surface area contributed by atoms with E-state index in [1.165, 1.54) is 6.07 Å². The van der Waals surface area contributed by atoms with Crippen LogP contribution in [0.25, 0.3) is 0 Å². The molecule has 0 aliphatic carbocycles. The fourth-order valence-electron chi connectivity index (χ4n) is 2.61. The molecule has 108 valence electrons. The highest BCUT2D eigenvalue weighted by Gasteiger charge is 2.27. The Morgan fingerprint density at radius 1 is 1.43 bits per heavy atom. The van der Waals surface area contributed by atoms with Crippen molar-refractivity contribution in [2.75, 3.05) is 13.1 Å². The fourth-order valence-corrected chi connectivity index (χ4v) is 2.94.